The first-order chi connectivity index (χ1) is 9.77. The van der Waals surface area contributed by atoms with Crippen molar-refractivity contribution in [1.29, 1.82) is 0 Å². The van der Waals surface area contributed by atoms with Crippen molar-refractivity contribution in [2.24, 2.45) is 5.73 Å². The average Bonchev–Trinajstić information content (AvgIpc) is 2.54. The molecular weight excluding hydrogens is 252 g/mol. The van der Waals surface area contributed by atoms with E-state index in [0.717, 1.165) is 17.0 Å². The second kappa shape index (κ2) is 5.35. The molecule has 1 aliphatic heterocycles. The molecule has 0 fully saturated rings. The van der Waals surface area contributed by atoms with Crippen molar-refractivity contribution in [2.45, 2.75) is 6.04 Å². The summed E-state index contributed by atoms with van der Waals surface area (Å²) in [5.74, 6) is 0.624. The maximum Gasteiger partial charge on any atom is 0.248 e. The summed E-state index contributed by atoms with van der Waals surface area (Å²) in [6.07, 6.45) is 0. The Hall–Kier alpha value is -2.33. The van der Waals surface area contributed by atoms with Gasteiger partial charge in [-0.3, -0.25) is 4.79 Å². The molecule has 1 aliphatic rings. The summed E-state index contributed by atoms with van der Waals surface area (Å²) in [7, 11) is 0. The number of para-hydroxylation sites is 2. The molecule has 0 aromatic heterocycles. The van der Waals surface area contributed by atoms with Crippen LogP contribution in [0.25, 0.3) is 0 Å². The van der Waals surface area contributed by atoms with Crippen LogP contribution in [0.5, 0.6) is 5.75 Å². The van der Waals surface area contributed by atoms with Gasteiger partial charge in [-0.25, -0.2) is 0 Å². The van der Waals surface area contributed by atoms with E-state index in [9.17, 15) is 4.79 Å². The molecule has 0 radical (unpaired) electrons. The Balaban J connectivity index is 1.89. The molecule has 3 rings (SSSR count). The van der Waals surface area contributed by atoms with Gasteiger partial charge >= 0.3 is 0 Å². The molecule has 0 spiro atoms. The highest BCUT2D eigenvalue weighted by atomic mass is 16.5. The highest BCUT2D eigenvalue weighted by Gasteiger charge is 2.27. The fraction of sp³-hybridized carbons (Fsp3) is 0.188. The number of benzene rings is 2. The van der Waals surface area contributed by atoms with E-state index in [4.69, 9.17) is 10.5 Å². The van der Waals surface area contributed by atoms with Crippen LogP contribution in [0.15, 0.2) is 54.6 Å². The normalized spacial score (nSPS) is 15.2. The smallest absolute Gasteiger partial charge is 0.248 e. The van der Waals surface area contributed by atoms with Crippen LogP contribution >= 0.6 is 0 Å². The zero-order chi connectivity index (χ0) is 13.9. The first-order valence-electron chi connectivity index (χ1n) is 6.61. The first kappa shape index (κ1) is 12.7. The molecule has 4 nitrogen and oxygen atoms in total. The lowest BCUT2D eigenvalue weighted by Gasteiger charge is -2.31. The number of nitrogens with two attached hydrogens (primary N) is 1. The summed E-state index contributed by atoms with van der Waals surface area (Å²) in [6, 6.07) is 16.3. The predicted molar refractivity (Wildman–Crippen MR) is 77.7 cm³/mol. The van der Waals surface area contributed by atoms with Gasteiger partial charge in [-0.1, -0.05) is 42.5 Å². The molecule has 4 heteroatoms. The summed E-state index contributed by atoms with van der Waals surface area (Å²) in [5, 5.41) is 0. The molecule has 0 saturated heterocycles. The molecule has 1 heterocycles. The van der Waals surface area contributed by atoms with Gasteiger partial charge in [0.25, 0.3) is 0 Å². The third-order valence-corrected chi connectivity index (χ3v) is 3.42. The fourth-order valence-electron chi connectivity index (χ4n) is 2.37. The number of rotatable bonds is 2. The third-order valence-electron chi connectivity index (χ3n) is 3.42. The molecule has 2 aromatic carbocycles. The highest BCUT2D eigenvalue weighted by Crippen LogP contribution is 2.32. The maximum atomic E-state index is 12.6. The lowest BCUT2D eigenvalue weighted by molar-refractivity contribution is -0.120. The van der Waals surface area contributed by atoms with E-state index in [0.29, 0.717) is 13.2 Å². The van der Waals surface area contributed by atoms with Crippen molar-refractivity contribution >= 4 is 11.6 Å². The van der Waals surface area contributed by atoms with Gasteiger partial charge in [-0.15, -0.1) is 0 Å². The minimum atomic E-state index is -0.651. The van der Waals surface area contributed by atoms with Crippen LogP contribution in [0.1, 0.15) is 11.6 Å². The summed E-state index contributed by atoms with van der Waals surface area (Å²) in [5.41, 5.74) is 7.70. The molecule has 0 unspecified atom stereocenters. The van der Waals surface area contributed by atoms with Crippen LogP contribution in [0.3, 0.4) is 0 Å². The quantitative estimate of drug-likeness (QED) is 0.907. The topological polar surface area (TPSA) is 55.6 Å². The SMILES string of the molecule is N[C@@H](C(=O)N1CCOc2ccccc21)c1ccccc1. The summed E-state index contributed by atoms with van der Waals surface area (Å²) in [4.78, 5) is 14.3. The Morgan fingerprint density at radius 2 is 1.80 bits per heavy atom. The zero-order valence-corrected chi connectivity index (χ0v) is 11.0. The number of nitrogens with zero attached hydrogens (tertiary/aromatic N) is 1. The molecule has 0 bridgehead atoms. The molecular formula is C16H16N2O2. The van der Waals surface area contributed by atoms with Gasteiger partial charge in [0.1, 0.15) is 18.4 Å². The minimum absolute atomic E-state index is 0.105. The summed E-state index contributed by atoms with van der Waals surface area (Å²) >= 11 is 0. The molecule has 0 saturated carbocycles. The van der Waals surface area contributed by atoms with Crippen molar-refractivity contribution in [3.05, 3.63) is 60.2 Å². The maximum absolute atomic E-state index is 12.6. The van der Waals surface area contributed by atoms with Crippen molar-refractivity contribution in [3.63, 3.8) is 0 Å². The number of carbonyl (C=O) groups excluding carboxylic acids is 1. The van der Waals surface area contributed by atoms with E-state index < -0.39 is 6.04 Å². The lowest BCUT2D eigenvalue weighted by atomic mass is 10.1. The van der Waals surface area contributed by atoms with Crippen LogP contribution in [0, 0.1) is 0 Å². The molecule has 1 atom stereocenters. The van der Waals surface area contributed by atoms with Gasteiger partial charge in [-0.05, 0) is 17.7 Å². The Morgan fingerprint density at radius 1 is 1.10 bits per heavy atom. The van der Waals surface area contributed by atoms with Gasteiger partial charge in [0.05, 0.1) is 12.2 Å². The van der Waals surface area contributed by atoms with E-state index in [2.05, 4.69) is 0 Å². The number of ether oxygens (including phenoxy) is 1. The Morgan fingerprint density at radius 3 is 2.60 bits per heavy atom. The number of hydrogen-bond donors (Lipinski definition) is 1. The lowest BCUT2D eigenvalue weighted by Crippen LogP contribution is -2.43. The summed E-state index contributed by atoms with van der Waals surface area (Å²) < 4.78 is 5.55. The van der Waals surface area contributed by atoms with Crippen LogP contribution in [-0.2, 0) is 4.79 Å². The average molecular weight is 268 g/mol. The number of fused-ring (bicyclic) bond motifs is 1. The van der Waals surface area contributed by atoms with Crippen LogP contribution in [-0.4, -0.2) is 19.1 Å². The summed E-state index contributed by atoms with van der Waals surface area (Å²) in [6.45, 7) is 1.01. The molecule has 20 heavy (non-hydrogen) atoms. The number of carbonyl (C=O) groups is 1. The Labute approximate surface area is 117 Å². The van der Waals surface area contributed by atoms with Gasteiger partial charge in [0.15, 0.2) is 0 Å². The second-order valence-corrected chi connectivity index (χ2v) is 4.69. The van der Waals surface area contributed by atoms with E-state index >= 15 is 0 Å². The standard InChI is InChI=1S/C16H16N2O2/c17-15(12-6-2-1-3-7-12)16(19)18-10-11-20-14-9-5-4-8-13(14)18/h1-9,15H,10-11,17H2/t15-/m1/s1. The van der Waals surface area contributed by atoms with Gasteiger partial charge in [0.2, 0.25) is 5.91 Å². The minimum Gasteiger partial charge on any atom is -0.490 e. The van der Waals surface area contributed by atoms with Crippen LogP contribution in [0.2, 0.25) is 0 Å². The molecule has 2 N–H and O–H groups in total. The molecule has 102 valence electrons. The fourth-order valence-corrected chi connectivity index (χ4v) is 2.37. The monoisotopic (exact) mass is 268 g/mol. The number of anilines is 1. The van der Waals surface area contributed by atoms with E-state index in [-0.39, 0.29) is 5.91 Å². The van der Waals surface area contributed by atoms with E-state index in [1.807, 2.05) is 54.6 Å². The molecule has 1 amide bonds. The highest BCUT2D eigenvalue weighted by molar-refractivity contribution is 5.99. The zero-order valence-electron chi connectivity index (χ0n) is 11.0. The van der Waals surface area contributed by atoms with Crippen LogP contribution < -0.4 is 15.4 Å². The van der Waals surface area contributed by atoms with Crippen molar-refractivity contribution in [3.8, 4) is 5.75 Å². The van der Waals surface area contributed by atoms with E-state index in [1.54, 1.807) is 4.90 Å². The largest absolute Gasteiger partial charge is 0.490 e. The Kier molecular flexibility index (Phi) is 3.39. The van der Waals surface area contributed by atoms with Gasteiger partial charge < -0.3 is 15.4 Å². The number of amides is 1. The second-order valence-electron chi connectivity index (χ2n) is 4.69. The molecule has 0 aliphatic carbocycles. The van der Waals surface area contributed by atoms with Gasteiger partial charge in [-0.2, -0.15) is 0 Å². The van der Waals surface area contributed by atoms with Gasteiger partial charge in [0, 0.05) is 0 Å². The molecule has 2 aromatic rings. The van der Waals surface area contributed by atoms with Crippen molar-refractivity contribution in [2.75, 3.05) is 18.1 Å². The van der Waals surface area contributed by atoms with Crippen LogP contribution in [0.4, 0.5) is 5.69 Å². The Bertz CT molecular complexity index is 613. The predicted octanol–water partition coefficient (Wildman–Crippen LogP) is 2.11. The third kappa shape index (κ3) is 2.26. The van der Waals surface area contributed by atoms with Crippen molar-refractivity contribution < 1.29 is 9.53 Å². The van der Waals surface area contributed by atoms with Crippen molar-refractivity contribution in [1.82, 2.24) is 0 Å². The van der Waals surface area contributed by atoms with E-state index in [1.165, 1.54) is 0 Å². The first-order valence-corrected chi connectivity index (χ1v) is 6.61. The number of hydrogen-bond acceptors (Lipinski definition) is 3.